The van der Waals surface area contributed by atoms with Gasteiger partial charge >= 0.3 is 0 Å². The lowest BCUT2D eigenvalue weighted by Gasteiger charge is -2.27. The predicted molar refractivity (Wildman–Crippen MR) is 70.7 cm³/mol. The molecule has 0 aliphatic heterocycles. The molecule has 3 atom stereocenters. The second kappa shape index (κ2) is 6.30. The number of ether oxygens (including phenoxy) is 1. The van der Waals surface area contributed by atoms with Gasteiger partial charge in [0.25, 0.3) is 0 Å². The molecule has 3 unspecified atom stereocenters. The molecule has 1 aliphatic rings. The zero-order valence-electron chi connectivity index (χ0n) is 10.9. The van der Waals surface area contributed by atoms with Gasteiger partial charge < -0.3 is 10.5 Å². The Morgan fingerprint density at radius 2 is 2.06 bits per heavy atom. The molecule has 0 amide bonds. The summed E-state index contributed by atoms with van der Waals surface area (Å²) in [6.45, 7) is 2.79. The van der Waals surface area contributed by atoms with E-state index in [4.69, 9.17) is 10.5 Å². The Morgan fingerprint density at radius 1 is 1.33 bits per heavy atom. The number of hydrogen-bond acceptors (Lipinski definition) is 2. The lowest BCUT2D eigenvalue weighted by Crippen LogP contribution is -2.26. The van der Waals surface area contributed by atoms with Crippen LogP contribution in [-0.4, -0.2) is 12.7 Å². The Bertz CT molecular complexity index is 365. The molecule has 1 aromatic carbocycles. The van der Waals surface area contributed by atoms with E-state index in [0.29, 0.717) is 12.7 Å². The molecule has 2 N–H and O–H groups in total. The van der Waals surface area contributed by atoms with Crippen molar-refractivity contribution < 1.29 is 9.13 Å². The average Bonchev–Trinajstić information content (AvgIpc) is 2.37. The Morgan fingerprint density at radius 3 is 2.72 bits per heavy atom. The van der Waals surface area contributed by atoms with Gasteiger partial charge in [0.1, 0.15) is 5.82 Å². The van der Waals surface area contributed by atoms with Gasteiger partial charge in [-0.15, -0.1) is 0 Å². The van der Waals surface area contributed by atoms with E-state index in [1.165, 1.54) is 25.0 Å². The molecule has 2 rings (SSSR count). The zero-order valence-corrected chi connectivity index (χ0v) is 10.9. The Labute approximate surface area is 108 Å². The molecule has 0 saturated heterocycles. The lowest BCUT2D eigenvalue weighted by atomic mass is 9.89. The number of nitrogens with two attached hydrogens (primary N) is 1. The van der Waals surface area contributed by atoms with Crippen LogP contribution in [-0.2, 0) is 4.74 Å². The quantitative estimate of drug-likeness (QED) is 0.890. The van der Waals surface area contributed by atoms with Crippen LogP contribution in [0, 0.1) is 11.7 Å². The summed E-state index contributed by atoms with van der Waals surface area (Å²) in [5, 5.41) is 0. The van der Waals surface area contributed by atoms with E-state index in [-0.39, 0.29) is 11.9 Å². The fourth-order valence-corrected chi connectivity index (χ4v) is 2.58. The number of halogens is 1. The van der Waals surface area contributed by atoms with Gasteiger partial charge in [0.2, 0.25) is 0 Å². The normalized spacial score (nSPS) is 25.9. The van der Waals surface area contributed by atoms with E-state index in [2.05, 4.69) is 6.92 Å². The highest BCUT2D eigenvalue weighted by Gasteiger charge is 2.20. The molecule has 1 aliphatic carbocycles. The highest BCUT2D eigenvalue weighted by molar-refractivity contribution is 5.19. The van der Waals surface area contributed by atoms with Crippen LogP contribution < -0.4 is 5.73 Å². The van der Waals surface area contributed by atoms with Crippen molar-refractivity contribution in [1.29, 1.82) is 0 Å². The highest BCUT2D eigenvalue weighted by Crippen LogP contribution is 2.26. The van der Waals surface area contributed by atoms with Gasteiger partial charge in [0.15, 0.2) is 0 Å². The number of rotatable bonds is 4. The van der Waals surface area contributed by atoms with E-state index < -0.39 is 0 Å². The van der Waals surface area contributed by atoms with Crippen LogP contribution >= 0.6 is 0 Å². The second-order valence-electron chi connectivity index (χ2n) is 5.39. The molecule has 0 radical (unpaired) electrons. The van der Waals surface area contributed by atoms with Crippen molar-refractivity contribution in [3.05, 3.63) is 35.6 Å². The van der Waals surface area contributed by atoms with Crippen LogP contribution in [0.2, 0.25) is 0 Å². The third kappa shape index (κ3) is 3.79. The van der Waals surface area contributed by atoms with Crippen LogP contribution in [0.1, 0.15) is 44.2 Å². The number of hydrogen-bond donors (Lipinski definition) is 1. The van der Waals surface area contributed by atoms with Crippen LogP contribution in [0.25, 0.3) is 0 Å². The van der Waals surface area contributed by atoms with E-state index >= 15 is 0 Å². The molecular formula is C15H22FNO. The SMILES string of the molecule is CC1CCCC(OCC(N)c2ccc(F)cc2)C1. The standard InChI is InChI=1S/C15H22FNO/c1-11-3-2-4-14(9-11)18-10-15(17)12-5-7-13(16)8-6-12/h5-8,11,14-15H,2-4,9-10,17H2,1H3. The topological polar surface area (TPSA) is 35.2 Å². The van der Waals surface area contributed by atoms with Crippen molar-refractivity contribution in [2.45, 2.75) is 44.8 Å². The van der Waals surface area contributed by atoms with E-state index in [0.717, 1.165) is 24.3 Å². The fraction of sp³-hybridized carbons (Fsp3) is 0.600. The summed E-state index contributed by atoms with van der Waals surface area (Å²) in [4.78, 5) is 0. The molecule has 100 valence electrons. The molecular weight excluding hydrogens is 229 g/mol. The first-order valence-corrected chi connectivity index (χ1v) is 6.78. The largest absolute Gasteiger partial charge is 0.376 e. The fourth-order valence-electron chi connectivity index (χ4n) is 2.58. The predicted octanol–water partition coefficient (Wildman–Crippen LogP) is 3.42. The first kappa shape index (κ1) is 13.5. The number of benzene rings is 1. The molecule has 0 aromatic heterocycles. The molecule has 0 spiro atoms. The van der Waals surface area contributed by atoms with Crippen molar-refractivity contribution in [2.24, 2.45) is 11.7 Å². The summed E-state index contributed by atoms with van der Waals surface area (Å²) in [5.41, 5.74) is 6.98. The van der Waals surface area contributed by atoms with E-state index in [1.54, 1.807) is 12.1 Å². The van der Waals surface area contributed by atoms with Gasteiger partial charge in [-0.2, -0.15) is 0 Å². The third-order valence-corrected chi connectivity index (χ3v) is 3.70. The Kier molecular flexibility index (Phi) is 4.72. The maximum Gasteiger partial charge on any atom is 0.123 e. The van der Waals surface area contributed by atoms with Crippen molar-refractivity contribution >= 4 is 0 Å². The van der Waals surface area contributed by atoms with E-state index in [9.17, 15) is 4.39 Å². The average molecular weight is 251 g/mol. The molecule has 18 heavy (non-hydrogen) atoms. The van der Waals surface area contributed by atoms with Gasteiger partial charge in [0, 0.05) is 0 Å². The molecule has 0 bridgehead atoms. The van der Waals surface area contributed by atoms with Gasteiger partial charge in [-0.3, -0.25) is 0 Å². The van der Waals surface area contributed by atoms with Gasteiger partial charge in [-0.25, -0.2) is 4.39 Å². The van der Waals surface area contributed by atoms with Crippen molar-refractivity contribution in [2.75, 3.05) is 6.61 Å². The summed E-state index contributed by atoms with van der Waals surface area (Å²) in [6.07, 6.45) is 5.18. The monoisotopic (exact) mass is 251 g/mol. The molecule has 1 aromatic rings. The van der Waals surface area contributed by atoms with Crippen molar-refractivity contribution in [1.82, 2.24) is 0 Å². The van der Waals surface area contributed by atoms with Crippen LogP contribution in [0.4, 0.5) is 4.39 Å². The van der Waals surface area contributed by atoms with Crippen LogP contribution in [0.5, 0.6) is 0 Å². The third-order valence-electron chi connectivity index (χ3n) is 3.70. The minimum absolute atomic E-state index is 0.164. The van der Waals surface area contributed by atoms with Crippen LogP contribution in [0.15, 0.2) is 24.3 Å². The summed E-state index contributed by atoms with van der Waals surface area (Å²) in [5.74, 6) is 0.527. The molecule has 0 heterocycles. The van der Waals surface area contributed by atoms with Crippen molar-refractivity contribution in [3.63, 3.8) is 0 Å². The molecule has 1 fully saturated rings. The zero-order chi connectivity index (χ0) is 13.0. The second-order valence-corrected chi connectivity index (χ2v) is 5.39. The Balaban J connectivity index is 1.80. The summed E-state index contributed by atoms with van der Waals surface area (Å²) in [6, 6.07) is 6.18. The van der Waals surface area contributed by atoms with Gasteiger partial charge in [-0.1, -0.05) is 31.9 Å². The maximum atomic E-state index is 12.8. The molecule has 3 heteroatoms. The smallest absolute Gasteiger partial charge is 0.123 e. The van der Waals surface area contributed by atoms with Gasteiger partial charge in [0.05, 0.1) is 18.8 Å². The minimum atomic E-state index is -0.229. The van der Waals surface area contributed by atoms with Crippen LogP contribution in [0.3, 0.4) is 0 Å². The molecule has 2 nitrogen and oxygen atoms in total. The molecule has 1 saturated carbocycles. The Hall–Kier alpha value is -0.930. The van der Waals surface area contributed by atoms with E-state index in [1.807, 2.05) is 0 Å². The first-order valence-electron chi connectivity index (χ1n) is 6.78. The minimum Gasteiger partial charge on any atom is -0.376 e. The summed E-state index contributed by atoms with van der Waals surface area (Å²) in [7, 11) is 0. The summed E-state index contributed by atoms with van der Waals surface area (Å²) >= 11 is 0. The lowest BCUT2D eigenvalue weighted by molar-refractivity contribution is 0.00851. The first-order chi connectivity index (χ1) is 8.65. The highest BCUT2D eigenvalue weighted by atomic mass is 19.1. The van der Waals surface area contributed by atoms with Crippen molar-refractivity contribution in [3.8, 4) is 0 Å². The maximum absolute atomic E-state index is 12.8. The summed E-state index contributed by atoms with van der Waals surface area (Å²) < 4.78 is 18.7. The van der Waals surface area contributed by atoms with Gasteiger partial charge in [-0.05, 0) is 36.5 Å².